The number of sulfonamides is 1. The summed E-state index contributed by atoms with van der Waals surface area (Å²) >= 11 is 0. The molecule has 28 heavy (non-hydrogen) atoms. The smallest absolute Gasteiger partial charge is 0.242 e. The molecule has 2 aromatic rings. The minimum absolute atomic E-state index is 0.0779. The normalized spacial score (nSPS) is 12.3. The summed E-state index contributed by atoms with van der Waals surface area (Å²) in [5, 5.41) is 2.68. The number of amides is 1. The number of nitrogens with one attached hydrogen (secondary N) is 2. The van der Waals surface area contributed by atoms with Crippen molar-refractivity contribution in [2.75, 3.05) is 18.5 Å². The van der Waals surface area contributed by atoms with Gasteiger partial charge in [0.2, 0.25) is 15.9 Å². The van der Waals surface area contributed by atoms with Gasteiger partial charge in [-0.2, -0.15) is 4.72 Å². The van der Waals surface area contributed by atoms with Gasteiger partial charge in [0.05, 0.1) is 24.2 Å². The van der Waals surface area contributed by atoms with Crippen molar-refractivity contribution in [3.8, 4) is 11.5 Å². The molecule has 0 aliphatic carbocycles. The van der Waals surface area contributed by atoms with Crippen molar-refractivity contribution >= 4 is 21.6 Å². The minimum atomic E-state index is -3.85. The van der Waals surface area contributed by atoms with E-state index in [9.17, 15) is 13.2 Å². The predicted molar refractivity (Wildman–Crippen MR) is 108 cm³/mol. The number of rotatable bonds is 9. The topological polar surface area (TPSA) is 93.7 Å². The third kappa shape index (κ3) is 5.71. The fourth-order valence-corrected chi connectivity index (χ4v) is 3.80. The highest BCUT2D eigenvalue weighted by Crippen LogP contribution is 2.22. The van der Waals surface area contributed by atoms with Crippen molar-refractivity contribution < 1.29 is 22.7 Å². The van der Waals surface area contributed by atoms with Crippen LogP contribution in [-0.4, -0.2) is 33.6 Å². The number of benzene rings is 2. The van der Waals surface area contributed by atoms with Gasteiger partial charge in [-0.25, -0.2) is 8.42 Å². The molecule has 0 aliphatic heterocycles. The number of anilines is 1. The quantitative estimate of drug-likeness (QED) is 0.667. The van der Waals surface area contributed by atoms with E-state index in [1.165, 1.54) is 19.1 Å². The maximum Gasteiger partial charge on any atom is 0.242 e. The van der Waals surface area contributed by atoms with Crippen LogP contribution in [0.3, 0.4) is 0 Å². The van der Waals surface area contributed by atoms with Gasteiger partial charge in [-0.1, -0.05) is 0 Å². The molecule has 0 fully saturated rings. The first kappa shape index (κ1) is 21.7. The van der Waals surface area contributed by atoms with Gasteiger partial charge in [0.25, 0.3) is 0 Å². The van der Waals surface area contributed by atoms with E-state index in [0.717, 1.165) is 0 Å². The van der Waals surface area contributed by atoms with Gasteiger partial charge in [0.15, 0.2) is 0 Å². The second kappa shape index (κ2) is 9.57. The first-order chi connectivity index (χ1) is 13.3. The molecule has 0 saturated carbocycles. The van der Waals surface area contributed by atoms with Crippen molar-refractivity contribution in [3.05, 3.63) is 48.0 Å². The Morgan fingerprint density at radius 3 is 2.25 bits per heavy atom. The highest BCUT2D eigenvalue weighted by molar-refractivity contribution is 7.89. The molecule has 0 heterocycles. The SMILES string of the molecule is CCOc1ccc(NC(=O)[C@@H](C)NS(=O)(=O)c2ccc(OCC)c(C)c2)cc1. The molecule has 1 atom stereocenters. The second-order valence-electron chi connectivity index (χ2n) is 6.15. The largest absolute Gasteiger partial charge is 0.494 e. The zero-order valence-corrected chi connectivity index (χ0v) is 17.3. The van der Waals surface area contributed by atoms with Gasteiger partial charge in [0.1, 0.15) is 11.5 Å². The zero-order chi connectivity index (χ0) is 20.7. The van der Waals surface area contributed by atoms with Gasteiger partial charge in [-0.3, -0.25) is 4.79 Å². The molecule has 0 saturated heterocycles. The number of hydrogen-bond acceptors (Lipinski definition) is 5. The Morgan fingerprint density at radius 2 is 1.68 bits per heavy atom. The van der Waals surface area contributed by atoms with Crippen LogP contribution in [0.1, 0.15) is 26.3 Å². The van der Waals surface area contributed by atoms with Crippen LogP contribution < -0.4 is 19.5 Å². The molecule has 2 aromatic carbocycles. The van der Waals surface area contributed by atoms with E-state index in [0.29, 0.717) is 36.0 Å². The second-order valence-corrected chi connectivity index (χ2v) is 7.86. The molecule has 152 valence electrons. The Kier molecular flexibility index (Phi) is 7.42. The van der Waals surface area contributed by atoms with Crippen LogP contribution in [0.5, 0.6) is 11.5 Å². The van der Waals surface area contributed by atoms with E-state index in [1.54, 1.807) is 37.3 Å². The van der Waals surface area contributed by atoms with E-state index in [4.69, 9.17) is 9.47 Å². The highest BCUT2D eigenvalue weighted by atomic mass is 32.2. The Bertz CT molecular complexity index is 911. The molecule has 0 unspecified atom stereocenters. The molecule has 0 bridgehead atoms. The summed E-state index contributed by atoms with van der Waals surface area (Å²) in [6.07, 6.45) is 0. The average molecular weight is 407 g/mol. The van der Waals surface area contributed by atoms with Gasteiger partial charge in [-0.15, -0.1) is 0 Å². The molecule has 8 heteroatoms. The maximum atomic E-state index is 12.6. The lowest BCUT2D eigenvalue weighted by molar-refractivity contribution is -0.117. The summed E-state index contributed by atoms with van der Waals surface area (Å²) in [7, 11) is -3.85. The molecular formula is C20H26N2O5S. The summed E-state index contributed by atoms with van der Waals surface area (Å²) in [5.41, 5.74) is 1.26. The molecule has 2 N–H and O–H groups in total. The van der Waals surface area contributed by atoms with Crippen LogP contribution in [-0.2, 0) is 14.8 Å². The standard InChI is InChI=1S/C20H26N2O5S/c1-5-26-17-9-7-16(8-10-17)21-20(23)15(4)22-28(24,25)18-11-12-19(27-6-2)14(3)13-18/h7-13,15,22H,5-6H2,1-4H3,(H,21,23)/t15-/m1/s1. The number of carbonyl (C=O) groups excluding carboxylic acids is 1. The van der Waals surface area contributed by atoms with E-state index in [2.05, 4.69) is 10.0 Å². The van der Waals surface area contributed by atoms with Crippen LogP contribution in [0.25, 0.3) is 0 Å². The molecule has 0 spiro atoms. The van der Waals surface area contributed by atoms with Crippen LogP contribution in [0.4, 0.5) is 5.69 Å². The van der Waals surface area contributed by atoms with E-state index in [-0.39, 0.29) is 4.90 Å². The zero-order valence-electron chi connectivity index (χ0n) is 16.5. The van der Waals surface area contributed by atoms with E-state index in [1.807, 2.05) is 13.8 Å². The van der Waals surface area contributed by atoms with Crippen LogP contribution in [0, 0.1) is 6.92 Å². The Labute approximate surface area is 166 Å². The first-order valence-corrected chi connectivity index (χ1v) is 10.5. The lowest BCUT2D eigenvalue weighted by Gasteiger charge is -2.16. The lowest BCUT2D eigenvalue weighted by Crippen LogP contribution is -2.41. The Balaban J connectivity index is 2.04. The van der Waals surface area contributed by atoms with Crippen molar-refractivity contribution in [2.45, 2.75) is 38.6 Å². The van der Waals surface area contributed by atoms with Gasteiger partial charge in [0, 0.05) is 5.69 Å². The number of aryl methyl sites for hydroxylation is 1. The van der Waals surface area contributed by atoms with Crippen molar-refractivity contribution in [1.29, 1.82) is 0 Å². The number of carbonyl (C=O) groups is 1. The summed E-state index contributed by atoms with van der Waals surface area (Å²) in [6.45, 7) is 8.05. The Hall–Kier alpha value is -2.58. The monoisotopic (exact) mass is 406 g/mol. The van der Waals surface area contributed by atoms with Crippen LogP contribution in [0.15, 0.2) is 47.4 Å². The Morgan fingerprint density at radius 1 is 1.04 bits per heavy atom. The summed E-state index contributed by atoms with van der Waals surface area (Å²) in [5.74, 6) is 0.859. The highest BCUT2D eigenvalue weighted by Gasteiger charge is 2.22. The minimum Gasteiger partial charge on any atom is -0.494 e. The van der Waals surface area contributed by atoms with E-state index < -0.39 is 22.0 Å². The summed E-state index contributed by atoms with van der Waals surface area (Å²) in [6, 6.07) is 10.5. The molecule has 0 aliphatic rings. The molecular weight excluding hydrogens is 380 g/mol. The fourth-order valence-electron chi connectivity index (χ4n) is 2.51. The third-order valence-electron chi connectivity index (χ3n) is 3.91. The van der Waals surface area contributed by atoms with Crippen molar-refractivity contribution in [1.82, 2.24) is 4.72 Å². The number of hydrogen-bond donors (Lipinski definition) is 2. The van der Waals surface area contributed by atoms with E-state index >= 15 is 0 Å². The van der Waals surface area contributed by atoms with Gasteiger partial charge in [-0.05, 0) is 75.7 Å². The molecule has 0 radical (unpaired) electrons. The van der Waals surface area contributed by atoms with Crippen LogP contribution >= 0.6 is 0 Å². The van der Waals surface area contributed by atoms with Crippen LogP contribution in [0.2, 0.25) is 0 Å². The van der Waals surface area contributed by atoms with Crippen molar-refractivity contribution in [3.63, 3.8) is 0 Å². The van der Waals surface area contributed by atoms with Crippen molar-refractivity contribution in [2.24, 2.45) is 0 Å². The maximum absolute atomic E-state index is 12.6. The van der Waals surface area contributed by atoms with Gasteiger partial charge < -0.3 is 14.8 Å². The molecule has 0 aromatic heterocycles. The third-order valence-corrected chi connectivity index (χ3v) is 5.45. The molecule has 2 rings (SSSR count). The molecule has 1 amide bonds. The summed E-state index contributed by atoms with van der Waals surface area (Å²) < 4.78 is 38.3. The predicted octanol–water partition coefficient (Wildman–Crippen LogP) is 3.10. The first-order valence-electron chi connectivity index (χ1n) is 9.06. The van der Waals surface area contributed by atoms with Gasteiger partial charge >= 0.3 is 0 Å². The summed E-state index contributed by atoms with van der Waals surface area (Å²) in [4.78, 5) is 12.4. The lowest BCUT2D eigenvalue weighted by atomic mass is 10.2. The number of ether oxygens (including phenoxy) is 2. The average Bonchev–Trinajstić information content (AvgIpc) is 2.65. The fraction of sp³-hybridized carbons (Fsp3) is 0.350. The molecule has 7 nitrogen and oxygen atoms in total.